The minimum atomic E-state index is -1.02. The van der Waals surface area contributed by atoms with Crippen LogP contribution in [0, 0.1) is 23.7 Å². The summed E-state index contributed by atoms with van der Waals surface area (Å²) in [5.74, 6) is -2.77. The Labute approximate surface area is 463 Å². The average molecular weight is 1110 g/mol. The van der Waals surface area contributed by atoms with Gasteiger partial charge in [-0.15, -0.1) is 0 Å². The van der Waals surface area contributed by atoms with E-state index in [1.165, 1.54) is 0 Å². The van der Waals surface area contributed by atoms with Gasteiger partial charge in [0.05, 0.1) is 129 Å². The number of aliphatic hydroxyl groups is 3. The van der Waals surface area contributed by atoms with E-state index < -0.39 is 72.8 Å². The predicted molar refractivity (Wildman–Crippen MR) is 274 cm³/mol. The Balaban J connectivity index is 0.655. The van der Waals surface area contributed by atoms with Crippen molar-refractivity contribution in [2.24, 2.45) is 23.7 Å². The van der Waals surface area contributed by atoms with Crippen LogP contribution in [0.1, 0.15) is 143 Å². The Bertz CT molecular complexity index is 2340. The van der Waals surface area contributed by atoms with Gasteiger partial charge in [0, 0.05) is 70.1 Å². The molecule has 16 saturated heterocycles. The van der Waals surface area contributed by atoms with Crippen LogP contribution in [0.4, 0.5) is 0 Å². The van der Waals surface area contributed by atoms with Gasteiger partial charge in [0.2, 0.25) is 0 Å². The molecule has 32 atom stereocenters. The Morgan fingerprint density at radius 3 is 2.03 bits per heavy atom. The smallest absolute Gasteiger partial charge is 0.308 e. The van der Waals surface area contributed by atoms with Gasteiger partial charge in [-0.05, 0) is 73.8 Å². The monoisotopic (exact) mass is 1110 g/mol. The molecule has 19 heteroatoms. The van der Waals surface area contributed by atoms with E-state index >= 15 is 0 Å². The zero-order valence-electron chi connectivity index (χ0n) is 46.5. The van der Waals surface area contributed by atoms with Crippen LogP contribution in [0.25, 0.3) is 0 Å². The van der Waals surface area contributed by atoms with E-state index in [0.717, 1.165) is 49.7 Å². The Hall–Kier alpha value is -1.73. The number of aliphatic hydroxyl groups excluding tert-OH is 3. The molecule has 19 nitrogen and oxygen atoms in total. The molecular formula is C60H86O19. The highest BCUT2D eigenvalue weighted by Crippen LogP contribution is 2.58. The van der Waals surface area contributed by atoms with Gasteiger partial charge in [0.15, 0.2) is 17.4 Å². The van der Waals surface area contributed by atoms with Crippen LogP contribution in [0.2, 0.25) is 0 Å². The van der Waals surface area contributed by atoms with E-state index in [2.05, 4.69) is 40.9 Å². The fourth-order valence-electron chi connectivity index (χ4n) is 18.2. The summed E-state index contributed by atoms with van der Waals surface area (Å²) in [7, 11) is 0. The summed E-state index contributed by atoms with van der Waals surface area (Å²) in [6.07, 6.45) is 2.17. The number of hydrogen-bond donors (Lipinski definition) is 3. The van der Waals surface area contributed by atoms with E-state index in [9.17, 15) is 20.1 Å². The molecule has 12 bridgehead atoms. The summed E-state index contributed by atoms with van der Waals surface area (Å²) in [4.78, 5) is 14.6. The molecule has 0 aromatic heterocycles. The summed E-state index contributed by atoms with van der Waals surface area (Å²) >= 11 is 0. The summed E-state index contributed by atoms with van der Waals surface area (Å²) in [5.41, 5.74) is 2.15. The van der Waals surface area contributed by atoms with Crippen LogP contribution in [-0.4, -0.2) is 198 Å². The topological polar surface area (TPSA) is 216 Å². The van der Waals surface area contributed by atoms with Crippen LogP contribution >= 0.6 is 0 Å². The normalized spacial score (nSPS) is 57.2. The van der Waals surface area contributed by atoms with Gasteiger partial charge >= 0.3 is 5.97 Å². The molecule has 0 aromatic carbocycles. The first kappa shape index (κ1) is 54.0. The van der Waals surface area contributed by atoms with Crippen molar-refractivity contribution in [2.75, 3.05) is 6.61 Å². The lowest BCUT2D eigenvalue weighted by molar-refractivity contribution is -0.347. The fourth-order valence-corrected chi connectivity index (χ4v) is 18.2. The lowest BCUT2D eigenvalue weighted by Crippen LogP contribution is -2.62. The minimum absolute atomic E-state index is 0.0143. The summed E-state index contributed by atoms with van der Waals surface area (Å²) in [6, 6.07) is 0. The van der Waals surface area contributed by atoms with Crippen LogP contribution in [0.5, 0.6) is 0 Å². The fraction of sp³-hybridized carbons (Fsp3) is 0.917. The molecule has 3 spiro atoms. The number of fused-ring (bicyclic) bond motifs is 10. The number of esters is 1. The third-order valence-corrected chi connectivity index (χ3v) is 21.9. The van der Waals surface area contributed by atoms with E-state index in [1.807, 2.05) is 0 Å². The van der Waals surface area contributed by atoms with Gasteiger partial charge in [-0.25, -0.2) is 0 Å². The van der Waals surface area contributed by atoms with Gasteiger partial charge in [-0.3, -0.25) is 4.79 Å². The van der Waals surface area contributed by atoms with Gasteiger partial charge in [0.25, 0.3) is 0 Å². The van der Waals surface area contributed by atoms with E-state index in [-0.39, 0.29) is 146 Å². The van der Waals surface area contributed by atoms with Crippen molar-refractivity contribution >= 4 is 5.97 Å². The summed E-state index contributed by atoms with van der Waals surface area (Å²) < 4.78 is 104. The second-order valence-electron chi connectivity index (χ2n) is 27.5. The van der Waals surface area contributed by atoms with Crippen molar-refractivity contribution in [3.63, 3.8) is 0 Å². The highest BCUT2D eigenvalue weighted by atomic mass is 16.8. The molecule has 16 aliphatic heterocycles. The SMILES string of the molecule is C=C1C[C@@H]2CC[C@]34C[C@H]5O[C@H]6[C@H](O3)[C@H]3O[C@H](CC[C@@H]3O[C@@H]6[C@H]5O4)CC(=O)O[C@@H]3[C@H](C)[C@@H]4O[C@@H]5C[C@]6(C[C@@H]7O[C@@]8(C[C@H](C)[C@@H]7O6)C[C@H](C)[C@@H]6O[C@@H]([C@@H](O)C[C@H](O)CO)C[C@H]6O8)O[C@@H]5C[C@@H]4O[C@H]3C[C@@H]3O[C@H](CC[C@@H]1O2)C[C@H](C)C3=C. The minimum Gasteiger partial charge on any atom is -0.459 e. The molecule has 16 heterocycles. The maximum absolute atomic E-state index is 14.6. The average Bonchev–Trinajstić information content (AvgIpc) is 4.26. The number of carbonyl (C=O) groups is 1. The van der Waals surface area contributed by atoms with Crippen LogP contribution in [0.15, 0.2) is 24.3 Å². The first-order valence-corrected chi connectivity index (χ1v) is 30.8. The number of ether oxygens (including phenoxy) is 15. The van der Waals surface area contributed by atoms with E-state index in [1.54, 1.807) is 0 Å². The van der Waals surface area contributed by atoms with E-state index in [0.29, 0.717) is 64.2 Å². The molecular weight excluding hydrogens is 1020 g/mol. The van der Waals surface area contributed by atoms with Crippen molar-refractivity contribution in [3.8, 4) is 0 Å². The molecule has 0 amide bonds. The highest BCUT2D eigenvalue weighted by Gasteiger charge is 2.70. The zero-order valence-corrected chi connectivity index (χ0v) is 46.5. The van der Waals surface area contributed by atoms with Gasteiger partial charge in [-0.2, -0.15) is 0 Å². The third-order valence-electron chi connectivity index (χ3n) is 21.9. The molecule has 0 aliphatic carbocycles. The van der Waals surface area contributed by atoms with Crippen LogP contribution < -0.4 is 0 Å². The lowest BCUT2D eigenvalue weighted by Gasteiger charge is -2.50. The number of carbonyl (C=O) groups excluding carboxylic acids is 1. The number of rotatable bonds is 4. The molecule has 0 radical (unpaired) electrons. The van der Waals surface area contributed by atoms with Crippen molar-refractivity contribution in [1.29, 1.82) is 0 Å². The second-order valence-corrected chi connectivity index (χ2v) is 27.5. The first-order chi connectivity index (χ1) is 38.0. The molecule has 0 unspecified atom stereocenters. The first-order valence-electron chi connectivity index (χ1n) is 30.8. The molecule has 440 valence electrons. The zero-order chi connectivity index (χ0) is 54.0. The molecule has 16 rings (SSSR count). The Morgan fingerprint density at radius 2 is 1.18 bits per heavy atom. The molecule has 16 aliphatic rings. The molecule has 3 N–H and O–H groups in total. The summed E-state index contributed by atoms with van der Waals surface area (Å²) in [6.45, 7) is 17.4. The third kappa shape index (κ3) is 9.43. The van der Waals surface area contributed by atoms with Crippen molar-refractivity contribution < 1.29 is 91.2 Å². The van der Waals surface area contributed by atoms with E-state index in [4.69, 9.17) is 71.1 Å². The van der Waals surface area contributed by atoms with Crippen LogP contribution in [0.3, 0.4) is 0 Å². The van der Waals surface area contributed by atoms with Gasteiger partial charge < -0.3 is 86.4 Å². The molecule has 79 heavy (non-hydrogen) atoms. The van der Waals surface area contributed by atoms with Crippen molar-refractivity contribution in [1.82, 2.24) is 0 Å². The maximum Gasteiger partial charge on any atom is 0.308 e. The largest absolute Gasteiger partial charge is 0.459 e. The number of hydrogen-bond acceptors (Lipinski definition) is 19. The Kier molecular flexibility index (Phi) is 13.8. The molecule has 0 aromatic rings. The van der Waals surface area contributed by atoms with Gasteiger partial charge in [0.1, 0.15) is 36.6 Å². The summed E-state index contributed by atoms with van der Waals surface area (Å²) in [5, 5.41) is 30.3. The highest BCUT2D eigenvalue weighted by molar-refractivity contribution is 5.70. The van der Waals surface area contributed by atoms with Crippen LogP contribution in [-0.2, 0) is 75.8 Å². The van der Waals surface area contributed by atoms with Crippen molar-refractivity contribution in [2.45, 2.75) is 313 Å². The second kappa shape index (κ2) is 20.2. The quantitative estimate of drug-likeness (QED) is 0.251. The van der Waals surface area contributed by atoms with Crippen molar-refractivity contribution in [3.05, 3.63) is 24.3 Å². The molecule has 0 saturated carbocycles. The standard InChI is InChI=1S/C60H86O19/c1-26-13-33-7-9-37-27(2)14-35(65-37)11-12-58-23-46-54(78-58)55-56(72-46)57(79-58)53-38(69-55)10-8-34(67-53)16-48(64)73-52-31(6)51-43(68-42(52)17-39(66-33)30(26)5)19-41-45(71-51)22-60(74-41)24-47-50(77-60)29(4)21-59(76-47)20-28(3)49-44(75-59)18-40(70-49)36(63)15-32(62)25-61/h26,28-29,31-47,49-57,61-63H,2,5,7-25H2,1,3-4,6H3/t26-,28-,29-,31+,32-,33+,34+,35-,36-,37-,38-,39-,40+,41+,42-,43-,44+,45+,46+,47-,49-,50-,51-,52+,53-,54-,55+,56+,57+,58+,59+,60-/m0/s1. The maximum atomic E-state index is 14.6. The Morgan fingerprint density at radius 1 is 0.506 bits per heavy atom. The lowest BCUT2D eigenvalue weighted by atomic mass is 9.79. The molecule has 16 fully saturated rings. The predicted octanol–water partition coefficient (Wildman–Crippen LogP) is 4.93. The van der Waals surface area contributed by atoms with Gasteiger partial charge in [-0.1, -0.05) is 40.9 Å².